The van der Waals surface area contributed by atoms with Gasteiger partial charge in [0, 0.05) is 24.1 Å². The molecule has 17 heavy (non-hydrogen) atoms. The van der Waals surface area contributed by atoms with Crippen LogP contribution in [0.2, 0.25) is 0 Å². The first-order chi connectivity index (χ1) is 8.31. The molecule has 96 valence electrons. The topological polar surface area (TPSA) is 45.2 Å². The van der Waals surface area contributed by atoms with Crippen LogP contribution in [0, 0.1) is 12.8 Å². The van der Waals surface area contributed by atoms with E-state index < -0.39 is 0 Å². The molecule has 1 aliphatic carbocycles. The van der Waals surface area contributed by atoms with Crippen molar-refractivity contribution < 1.29 is 5.11 Å². The van der Waals surface area contributed by atoms with Gasteiger partial charge in [0.05, 0.1) is 11.2 Å². The maximum absolute atomic E-state index is 9.34. The van der Waals surface area contributed by atoms with Gasteiger partial charge in [0.2, 0.25) is 0 Å². The van der Waals surface area contributed by atoms with Gasteiger partial charge in [-0.3, -0.25) is 0 Å². The van der Waals surface area contributed by atoms with E-state index in [1.54, 1.807) is 11.3 Å². The highest BCUT2D eigenvalue weighted by Crippen LogP contribution is 2.24. The number of nitrogens with one attached hydrogen (secondary N) is 1. The van der Waals surface area contributed by atoms with Gasteiger partial charge >= 0.3 is 0 Å². The van der Waals surface area contributed by atoms with Crippen molar-refractivity contribution in [3.05, 3.63) is 16.1 Å². The van der Waals surface area contributed by atoms with Gasteiger partial charge in [0.25, 0.3) is 0 Å². The lowest BCUT2D eigenvalue weighted by Crippen LogP contribution is -2.41. The SMILES string of the molecule is Cc1ncsc1CCNC1CCCCC1CO. The van der Waals surface area contributed by atoms with Crippen LogP contribution in [-0.2, 0) is 6.42 Å². The van der Waals surface area contributed by atoms with E-state index in [4.69, 9.17) is 0 Å². The Balaban J connectivity index is 1.75. The molecule has 0 spiro atoms. The number of aliphatic hydroxyl groups is 1. The van der Waals surface area contributed by atoms with E-state index in [0.29, 0.717) is 18.6 Å². The summed E-state index contributed by atoms with van der Waals surface area (Å²) in [7, 11) is 0. The van der Waals surface area contributed by atoms with E-state index in [0.717, 1.165) is 13.0 Å². The molecule has 1 saturated carbocycles. The quantitative estimate of drug-likeness (QED) is 0.846. The minimum Gasteiger partial charge on any atom is -0.396 e. The third kappa shape index (κ3) is 3.50. The summed E-state index contributed by atoms with van der Waals surface area (Å²) in [5.41, 5.74) is 3.08. The van der Waals surface area contributed by atoms with Crippen molar-refractivity contribution in [1.29, 1.82) is 0 Å². The first kappa shape index (κ1) is 13.0. The summed E-state index contributed by atoms with van der Waals surface area (Å²) in [5.74, 6) is 0.464. The second-order valence-electron chi connectivity index (χ2n) is 4.90. The highest BCUT2D eigenvalue weighted by Gasteiger charge is 2.23. The second-order valence-corrected chi connectivity index (χ2v) is 5.84. The molecule has 2 N–H and O–H groups in total. The molecule has 1 heterocycles. The molecule has 3 nitrogen and oxygen atoms in total. The van der Waals surface area contributed by atoms with Gasteiger partial charge in [-0.15, -0.1) is 11.3 Å². The number of hydrogen-bond acceptors (Lipinski definition) is 4. The number of hydrogen-bond donors (Lipinski definition) is 2. The van der Waals surface area contributed by atoms with Crippen LogP contribution in [0.5, 0.6) is 0 Å². The zero-order valence-corrected chi connectivity index (χ0v) is 11.3. The van der Waals surface area contributed by atoms with E-state index in [2.05, 4.69) is 17.2 Å². The maximum Gasteiger partial charge on any atom is 0.0797 e. The van der Waals surface area contributed by atoms with Gasteiger partial charge in [-0.05, 0) is 32.1 Å². The van der Waals surface area contributed by atoms with E-state index >= 15 is 0 Å². The normalized spacial score (nSPS) is 25.1. The van der Waals surface area contributed by atoms with Crippen LogP contribution < -0.4 is 5.32 Å². The van der Waals surface area contributed by atoms with Crippen molar-refractivity contribution in [3.8, 4) is 0 Å². The van der Waals surface area contributed by atoms with Gasteiger partial charge < -0.3 is 10.4 Å². The van der Waals surface area contributed by atoms with Crippen molar-refractivity contribution in [2.75, 3.05) is 13.2 Å². The lowest BCUT2D eigenvalue weighted by Gasteiger charge is -2.31. The number of thiazole rings is 1. The van der Waals surface area contributed by atoms with Crippen LogP contribution in [-0.4, -0.2) is 29.3 Å². The fourth-order valence-electron chi connectivity index (χ4n) is 2.63. The smallest absolute Gasteiger partial charge is 0.0797 e. The largest absolute Gasteiger partial charge is 0.396 e. The molecule has 1 aromatic heterocycles. The summed E-state index contributed by atoms with van der Waals surface area (Å²) >= 11 is 1.74. The molecule has 0 amide bonds. The fourth-order valence-corrected chi connectivity index (χ4v) is 3.41. The van der Waals surface area contributed by atoms with Crippen molar-refractivity contribution in [2.24, 2.45) is 5.92 Å². The summed E-state index contributed by atoms with van der Waals surface area (Å²) in [4.78, 5) is 5.65. The molecule has 0 aromatic carbocycles. The van der Waals surface area contributed by atoms with Gasteiger partial charge in [0.15, 0.2) is 0 Å². The van der Waals surface area contributed by atoms with Crippen molar-refractivity contribution in [3.63, 3.8) is 0 Å². The van der Waals surface area contributed by atoms with Crippen molar-refractivity contribution in [1.82, 2.24) is 10.3 Å². The Hall–Kier alpha value is -0.450. The Bertz CT molecular complexity index is 340. The molecule has 0 radical (unpaired) electrons. The lowest BCUT2D eigenvalue weighted by atomic mass is 9.85. The number of aromatic nitrogens is 1. The lowest BCUT2D eigenvalue weighted by molar-refractivity contribution is 0.153. The molecule has 2 unspecified atom stereocenters. The molecule has 0 aliphatic heterocycles. The zero-order valence-electron chi connectivity index (χ0n) is 10.5. The number of aryl methyl sites for hydroxylation is 1. The number of aliphatic hydroxyl groups excluding tert-OH is 1. The Kier molecular flexibility index (Phi) is 4.95. The Labute approximate surface area is 107 Å². The minimum absolute atomic E-state index is 0.331. The summed E-state index contributed by atoms with van der Waals surface area (Å²) < 4.78 is 0. The van der Waals surface area contributed by atoms with Gasteiger partial charge in [-0.2, -0.15) is 0 Å². The second kappa shape index (κ2) is 6.47. The van der Waals surface area contributed by atoms with Gasteiger partial charge in [-0.25, -0.2) is 4.98 Å². The molecule has 2 rings (SSSR count). The average molecular weight is 254 g/mol. The van der Waals surface area contributed by atoms with Crippen LogP contribution in [0.1, 0.15) is 36.3 Å². The highest BCUT2D eigenvalue weighted by molar-refractivity contribution is 7.09. The summed E-state index contributed by atoms with van der Waals surface area (Å²) in [5, 5.41) is 12.9. The van der Waals surface area contributed by atoms with Crippen molar-refractivity contribution >= 4 is 11.3 Å². The summed E-state index contributed by atoms with van der Waals surface area (Å²) in [6.07, 6.45) is 6.02. The van der Waals surface area contributed by atoms with Crippen LogP contribution in [0.25, 0.3) is 0 Å². The fraction of sp³-hybridized carbons (Fsp3) is 0.769. The van der Waals surface area contributed by atoms with Gasteiger partial charge in [0.1, 0.15) is 0 Å². The van der Waals surface area contributed by atoms with E-state index in [9.17, 15) is 5.11 Å². The third-order valence-corrected chi connectivity index (χ3v) is 4.74. The van der Waals surface area contributed by atoms with Crippen LogP contribution in [0.15, 0.2) is 5.51 Å². The molecule has 1 fully saturated rings. The van der Waals surface area contributed by atoms with Gasteiger partial charge in [-0.1, -0.05) is 12.8 Å². The van der Waals surface area contributed by atoms with E-state index in [1.165, 1.54) is 36.3 Å². The first-order valence-corrected chi connectivity index (χ1v) is 7.42. The van der Waals surface area contributed by atoms with E-state index in [-0.39, 0.29) is 0 Å². The Morgan fingerprint density at radius 1 is 1.47 bits per heavy atom. The minimum atomic E-state index is 0.331. The molecule has 4 heteroatoms. The molecule has 2 atom stereocenters. The molecular formula is C13H22N2OS. The first-order valence-electron chi connectivity index (χ1n) is 6.54. The number of nitrogens with zero attached hydrogens (tertiary/aromatic N) is 1. The molecule has 0 bridgehead atoms. The molecule has 1 aliphatic rings. The van der Waals surface area contributed by atoms with E-state index in [1.807, 2.05) is 5.51 Å². The molecule has 1 aromatic rings. The summed E-state index contributed by atoms with van der Waals surface area (Å²) in [6.45, 7) is 3.41. The van der Waals surface area contributed by atoms with Crippen molar-refractivity contribution in [2.45, 2.75) is 45.1 Å². The summed E-state index contributed by atoms with van der Waals surface area (Å²) in [6, 6.07) is 0.516. The predicted octanol–water partition coefficient (Wildman–Crippen LogP) is 2.13. The Morgan fingerprint density at radius 2 is 2.29 bits per heavy atom. The average Bonchev–Trinajstić information content (AvgIpc) is 2.76. The number of rotatable bonds is 5. The molecule has 0 saturated heterocycles. The maximum atomic E-state index is 9.34. The van der Waals surface area contributed by atoms with Crippen LogP contribution in [0.3, 0.4) is 0 Å². The standard InChI is InChI=1S/C13H22N2OS/c1-10-13(17-9-15-10)6-7-14-12-5-3-2-4-11(12)8-16/h9,11-12,14,16H,2-8H2,1H3. The van der Waals surface area contributed by atoms with Crippen LogP contribution >= 0.6 is 11.3 Å². The Morgan fingerprint density at radius 3 is 3.00 bits per heavy atom. The molecular weight excluding hydrogens is 232 g/mol. The van der Waals surface area contributed by atoms with Crippen LogP contribution in [0.4, 0.5) is 0 Å². The highest BCUT2D eigenvalue weighted by atomic mass is 32.1. The zero-order chi connectivity index (χ0) is 12.1. The predicted molar refractivity (Wildman–Crippen MR) is 71.4 cm³/mol. The monoisotopic (exact) mass is 254 g/mol. The third-order valence-electron chi connectivity index (χ3n) is 3.75.